The largest absolute Gasteiger partial charge is 0.372 e. The van der Waals surface area contributed by atoms with E-state index in [0.29, 0.717) is 29.6 Å². The first kappa shape index (κ1) is 23.0. The van der Waals surface area contributed by atoms with Crippen molar-refractivity contribution >= 4 is 39.0 Å². The van der Waals surface area contributed by atoms with E-state index in [1.54, 1.807) is 30.5 Å². The first-order valence-corrected chi connectivity index (χ1v) is 12.1. The van der Waals surface area contributed by atoms with E-state index in [1.807, 2.05) is 18.7 Å². The van der Waals surface area contributed by atoms with E-state index in [4.69, 9.17) is 16.3 Å². The Hall–Kier alpha value is -3.19. The lowest BCUT2D eigenvalue weighted by Crippen LogP contribution is -2.46. The number of pyridine rings is 1. The van der Waals surface area contributed by atoms with Gasteiger partial charge in [-0.05, 0) is 56.3 Å². The molecule has 1 saturated heterocycles. The Balaban J connectivity index is 1.94. The third-order valence-corrected chi connectivity index (χ3v) is 7.20. The molecule has 0 unspecified atom stereocenters. The topological polar surface area (TPSA) is 105 Å². The Morgan fingerprint density at radius 3 is 2.48 bits per heavy atom. The quantitative estimate of drug-likeness (QED) is 0.523. The monoisotopic (exact) mass is 484 g/mol. The van der Waals surface area contributed by atoms with Crippen molar-refractivity contribution in [3.05, 3.63) is 74.5 Å². The van der Waals surface area contributed by atoms with E-state index < -0.39 is 20.3 Å². The summed E-state index contributed by atoms with van der Waals surface area (Å²) in [4.78, 5) is 19.3. The molecular weight excluding hydrogens is 464 g/mol. The van der Waals surface area contributed by atoms with Crippen LogP contribution in [0.15, 0.2) is 63.3 Å². The summed E-state index contributed by atoms with van der Waals surface area (Å²) < 4.78 is 33.4. The average molecular weight is 485 g/mol. The predicted octanol–water partition coefficient (Wildman–Crippen LogP) is 3.30. The number of sulfone groups is 1. The van der Waals surface area contributed by atoms with Gasteiger partial charge in [0.1, 0.15) is 22.4 Å². The Bertz CT molecular complexity index is 1430. The number of hydrogen-bond acceptors (Lipinski definition) is 7. The minimum absolute atomic E-state index is 0.0223. The third-order valence-electron chi connectivity index (χ3n) is 5.27. The fraction of sp³-hybridized carbons (Fsp3) is 0.261. The van der Waals surface area contributed by atoms with Gasteiger partial charge >= 0.3 is 0 Å². The van der Waals surface area contributed by atoms with Crippen molar-refractivity contribution < 1.29 is 13.2 Å². The van der Waals surface area contributed by atoms with Crippen molar-refractivity contribution in [1.29, 1.82) is 5.26 Å². The SMILES string of the molecule is C[C@@H]1CN(c2nc3ccccn3c(=O)c2/C=C(/C#N)S(=O)(=O)c2ccc(Cl)cc2)C[C@H](C)O1. The summed E-state index contributed by atoms with van der Waals surface area (Å²) in [5.41, 5.74) is -0.0314. The minimum Gasteiger partial charge on any atom is -0.372 e. The number of nitriles is 1. The molecule has 0 bridgehead atoms. The van der Waals surface area contributed by atoms with Crippen molar-refractivity contribution in [2.75, 3.05) is 18.0 Å². The molecule has 3 aromatic rings. The molecule has 8 nitrogen and oxygen atoms in total. The highest BCUT2D eigenvalue weighted by Crippen LogP contribution is 2.27. The summed E-state index contributed by atoms with van der Waals surface area (Å²) >= 11 is 5.87. The maximum Gasteiger partial charge on any atom is 0.267 e. The predicted molar refractivity (Wildman–Crippen MR) is 126 cm³/mol. The lowest BCUT2D eigenvalue weighted by atomic mass is 10.2. The summed E-state index contributed by atoms with van der Waals surface area (Å²) in [6.45, 7) is 4.76. The Kier molecular flexibility index (Phi) is 6.26. The first-order chi connectivity index (χ1) is 15.7. The molecular formula is C23H21ClN4O4S. The number of fused-ring (bicyclic) bond motifs is 1. The van der Waals surface area contributed by atoms with Crippen molar-refractivity contribution in [3.8, 4) is 6.07 Å². The van der Waals surface area contributed by atoms with Gasteiger partial charge in [-0.3, -0.25) is 9.20 Å². The van der Waals surface area contributed by atoms with Crippen LogP contribution in [0.5, 0.6) is 0 Å². The molecule has 0 amide bonds. The second-order valence-corrected chi connectivity index (χ2v) is 10.2. The van der Waals surface area contributed by atoms with E-state index in [1.165, 1.54) is 28.7 Å². The number of ether oxygens (including phenoxy) is 1. The van der Waals surface area contributed by atoms with Gasteiger partial charge in [-0.15, -0.1) is 0 Å². The van der Waals surface area contributed by atoms with Gasteiger partial charge < -0.3 is 9.64 Å². The molecule has 1 aliphatic rings. The molecule has 4 rings (SSSR count). The number of allylic oxidation sites excluding steroid dienone is 1. The highest BCUT2D eigenvalue weighted by Gasteiger charge is 2.28. The van der Waals surface area contributed by atoms with Crippen molar-refractivity contribution in [2.24, 2.45) is 0 Å². The highest BCUT2D eigenvalue weighted by atomic mass is 35.5. The van der Waals surface area contributed by atoms with E-state index >= 15 is 0 Å². The van der Waals surface area contributed by atoms with Crippen LogP contribution in [0.2, 0.25) is 5.02 Å². The number of hydrogen-bond donors (Lipinski definition) is 0. The van der Waals surface area contributed by atoms with E-state index in [-0.39, 0.29) is 22.7 Å². The minimum atomic E-state index is -4.18. The molecule has 0 N–H and O–H groups in total. The van der Waals surface area contributed by atoms with Crippen molar-refractivity contribution in [2.45, 2.75) is 31.0 Å². The van der Waals surface area contributed by atoms with Crippen LogP contribution >= 0.6 is 11.6 Å². The van der Waals surface area contributed by atoms with Gasteiger partial charge in [0.05, 0.1) is 22.7 Å². The summed E-state index contributed by atoms with van der Waals surface area (Å²) in [5, 5.41) is 10.1. The molecule has 2 aromatic heterocycles. The lowest BCUT2D eigenvalue weighted by molar-refractivity contribution is -0.00546. The van der Waals surface area contributed by atoms with Crippen LogP contribution in [0, 0.1) is 11.3 Å². The number of nitrogens with zero attached hydrogens (tertiary/aromatic N) is 4. The summed E-state index contributed by atoms with van der Waals surface area (Å²) in [6, 6.07) is 12.4. The van der Waals surface area contributed by atoms with E-state index in [2.05, 4.69) is 4.98 Å². The molecule has 0 aliphatic carbocycles. The molecule has 33 heavy (non-hydrogen) atoms. The zero-order chi connectivity index (χ0) is 23.8. The maximum atomic E-state index is 13.4. The second kappa shape index (κ2) is 8.98. The fourth-order valence-electron chi connectivity index (χ4n) is 3.85. The number of aromatic nitrogens is 2. The van der Waals surface area contributed by atoms with Gasteiger partial charge in [0.25, 0.3) is 5.56 Å². The normalized spacial score (nSPS) is 19.5. The van der Waals surface area contributed by atoms with Crippen LogP contribution in [0.25, 0.3) is 11.7 Å². The second-order valence-electron chi connectivity index (χ2n) is 7.82. The number of benzene rings is 1. The van der Waals surface area contributed by atoms with Crippen LogP contribution in [0.3, 0.4) is 0 Å². The Morgan fingerprint density at radius 1 is 1.18 bits per heavy atom. The van der Waals surface area contributed by atoms with Gasteiger partial charge in [-0.1, -0.05) is 17.7 Å². The Morgan fingerprint density at radius 2 is 1.85 bits per heavy atom. The van der Waals surface area contributed by atoms with Gasteiger partial charge in [-0.25, -0.2) is 13.4 Å². The standard InChI is InChI=1S/C23H21ClN4O4S/c1-15-13-27(14-16(2)32-15)22-20(23(29)28-10-4-3-5-21(28)26-22)11-19(12-25)33(30,31)18-8-6-17(24)7-9-18/h3-11,15-16H,13-14H2,1-2H3/b19-11-/t15-,16+. The van der Waals surface area contributed by atoms with Crippen LogP contribution in [0.1, 0.15) is 19.4 Å². The number of halogens is 1. The molecule has 2 atom stereocenters. The molecule has 0 radical (unpaired) electrons. The molecule has 10 heteroatoms. The van der Waals surface area contributed by atoms with Crippen LogP contribution < -0.4 is 10.5 Å². The van der Waals surface area contributed by atoms with Crippen molar-refractivity contribution in [1.82, 2.24) is 9.38 Å². The summed E-state index contributed by atoms with van der Waals surface area (Å²) in [7, 11) is -4.18. The molecule has 0 spiro atoms. The average Bonchev–Trinajstić information content (AvgIpc) is 2.78. The van der Waals surface area contributed by atoms with E-state index in [0.717, 1.165) is 6.08 Å². The zero-order valence-corrected chi connectivity index (χ0v) is 19.5. The number of rotatable bonds is 4. The summed E-state index contributed by atoms with van der Waals surface area (Å²) in [5.74, 6) is 0.312. The fourth-order valence-corrected chi connectivity index (χ4v) is 5.12. The molecule has 3 heterocycles. The zero-order valence-electron chi connectivity index (χ0n) is 18.0. The van der Waals surface area contributed by atoms with Crippen LogP contribution in [0.4, 0.5) is 5.82 Å². The third kappa shape index (κ3) is 4.50. The highest BCUT2D eigenvalue weighted by molar-refractivity contribution is 7.95. The van der Waals surface area contributed by atoms with Gasteiger partial charge in [0.2, 0.25) is 9.84 Å². The molecule has 1 fully saturated rings. The first-order valence-electron chi connectivity index (χ1n) is 10.2. The number of morpholine rings is 1. The van der Waals surface area contributed by atoms with Gasteiger partial charge in [-0.2, -0.15) is 5.26 Å². The number of anilines is 1. The lowest BCUT2D eigenvalue weighted by Gasteiger charge is -2.36. The Labute approximate surface area is 196 Å². The summed E-state index contributed by atoms with van der Waals surface area (Å²) in [6.07, 6.45) is 2.43. The van der Waals surface area contributed by atoms with Crippen LogP contribution in [-0.2, 0) is 14.6 Å². The van der Waals surface area contributed by atoms with E-state index in [9.17, 15) is 18.5 Å². The maximum absolute atomic E-state index is 13.4. The smallest absolute Gasteiger partial charge is 0.267 e. The molecule has 0 saturated carbocycles. The van der Waals surface area contributed by atoms with Crippen molar-refractivity contribution in [3.63, 3.8) is 0 Å². The molecule has 1 aromatic carbocycles. The van der Waals surface area contributed by atoms with Gasteiger partial charge in [0.15, 0.2) is 0 Å². The van der Waals surface area contributed by atoms with Crippen LogP contribution in [-0.4, -0.2) is 43.1 Å². The molecule has 1 aliphatic heterocycles. The van der Waals surface area contributed by atoms with Gasteiger partial charge in [0, 0.05) is 24.3 Å². The molecule has 170 valence electrons.